The molecule has 0 aliphatic heterocycles. The highest BCUT2D eigenvalue weighted by Crippen LogP contribution is 2.50. The summed E-state index contributed by atoms with van der Waals surface area (Å²) in [5.41, 5.74) is 7.04. The fourth-order valence-corrected chi connectivity index (χ4v) is 9.54. The van der Waals surface area contributed by atoms with Crippen molar-refractivity contribution in [3.63, 3.8) is 0 Å². The van der Waals surface area contributed by atoms with Gasteiger partial charge in [-0.15, -0.1) is 11.3 Å². The van der Waals surface area contributed by atoms with Crippen molar-refractivity contribution in [1.82, 2.24) is 4.57 Å². The molecular formula is C48H30N2S. The molecule has 0 N–H and O–H groups in total. The van der Waals surface area contributed by atoms with Gasteiger partial charge < -0.3 is 9.47 Å². The van der Waals surface area contributed by atoms with Crippen LogP contribution in [0.1, 0.15) is 0 Å². The second kappa shape index (κ2) is 11.0. The average molecular weight is 667 g/mol. The third-order valence-corrected chi connectivity index (χ3v) is 11.7. The Morgan fingerprint density at radius 3 is 1.80 bits per heavy atom. The topological polar surface area (TPSA) is 8.17 Å². The zero-order valence-electron chi connectivity index (χ0n) is 27.6. The summed E-state index contributed by atoms with van der Waals surface area (Å²) in [6.45, 7) is 0. The molecule has 238 valence electrons. The summed E-state index contributed by atoms with van der Waals surface area (Å²) in [6.07, 6.45) is 0. The van der Waals surface area contributed by atoms with Crippen LogP contribution in [0.3, 0.4) is 0 Å². The predicted octanol–water partition coefficient (Wildman–Crippen LogP) is 14.1. The highest BCUT2D eigenvalue weighted by atomic mass is 32.1. The lowest BCUT2D eigenvalue weighted by atomic mass is 9.95. The van der Waals surface area contributed by atoms with E-state index < -0.39 is 0 Å². The van der Waals surface area contributed by atoms with Crippen molar-refractivity contribution < 1.29 is 0 Å². The molecular weight excluding hydrogens is 637 g/mol. The first-order valence-electron chi connectivity index (χ1n) is 17.4. The molecule has 51 heavy (non-hydrogen) atoms. The first-order chi connectivity index (χ1) is 25.3. The Bertz CT molecular complexity index is 3150. The molecule has 0 saturated carbocycles. The van der Waals surface area contributed by atoms with Gasteiger partial charge in [0.15, 0.2) is 0 Å². The monoisotopic (exact) mass is 666 g/mol. The van der Waals surface area contributed by atoms with Crippen molar-refractivity contribution in [3.05, 3.63) is 182 Å². The van der Waals surface area contributed by atoms with Gasteiger partial charge >= 0.3 is 0 Å². The Morgan fingerprint density at radius 2 is 0.902 bits per heavy atom. The van der Waals surface area contributed by atoms with E-state index in [1.165, 1.54) is 80.0 Å². The van der Waals surface area contributed by atoms with Crippen LogP contribution in [0.4, 0.5) is 17.1 Å². The molecule has 11 aromatic rings. The fourth-order valence-electron chi connectivity index (χ4n) is 8.41. The Morgan fingerprint density at radius 1 is 0.333 bits per heavy atom. The summed E-state index contributed by atoms with van der Waals surface area (Å²) >= 11 is 1.87. The maximum Gasteiger partial charge on any atom is 0.0562 e. The molecule has 0 fully saturated rings. The SMILES string of the molecule is c1ccc(-n2c3ccccc3c3c(N(c4cccc5c4ccc4c6ccccc6ccc54)c4cccc5sc6ccccc6c45)cccc32)cc1. The summed E-state index contributed by atoms with van der Waals surface area (Å²) in [5, 5.41) is 12.6. The summed E-state index contributed by atoms with van der Waals surface area (Å²) in [5.74, 6) is 0. The van der Waals surface area contributed by atoms with E-state index in [4.69, 9.17) is 0 Å². The van der Waals surface area contributed by atoms with E-state index in [0.29, 0.717) is 0 Å². The Kier molecular flexibility index (Phi) is 6.16. The standard InChI is InChI=1S/C48H30N2S/c1-2-14-32(15-3-1)49-41-20-8-6-17-38(41)47-42(49)22-11-23-43(47)50(44-24-12-26-46-48(44)39-18-7-9-25-45(39)51-46)40-21-10-19-34-36-28-27-31-13-4-5-16-33(31)35(36)29-30-37(34)40/h1-30H. The van der Waals surface area contributed by atoms with Crippen LogP contribution in [-0.4, -0.2) is 4.57 Å². The number of fused-ring (bicyclic) bond motifs is 11. The highest BCUT2D eigenvalue weighted by molar-refractivity contribution is 7.26. The van der Waals surface area contributed by atoms with Crippen molar-refractivity contribution in [2.24, 2.45) is 0 Å². The number of para-hydroxylation sites is 2. The van der Waals surface area contributed by atoms with E-state index in [9.17, 15) is 0 Å². The molecule has 3 heteroatoms. The van der Waals surface area contributed by atoms with Crippen LogP contribution in [0.25, 0.3) is 80.0 Å². The van der Waals surface area contributed by atoms with E-state index in [1.54, 1.807) is 0 Å². The number of rotatable bonds is 4. The van der Waals surface area contributed by atoms with Gasteiger partial charge in [-0.2, -0.15) is 0 Å². The number of thiophene rings is 1. The first kappa shape index (κ1) is 28.4. The fraction of sp³-hybridized carbons (Fsp3) is 0. The van der Waals surface area contributed by atoms with Crippen molar-refractivity contribution in [2.75, 3.05) is 4.90 Å². The third-order valence-electron chi connectivity index (χ3n) is 10.6. The predicted molar refractivity (Wildman–Crippen MR) is 221 cm³/mol. The van der Waals surface area contributed by atoms with Crippen LogP contribution in [0.5, 0.6) is 0 Å². The van der Waals surface area contributed by atoms with Crippen molar-refractivity contribution >= 4 is 103 Å². The Hall–Kier alpha value is -6.42. The zero-order chi connectivity index (χ0) is 33.5. The minimum absolute atomic E-state index is 1.15. The smallest absolute Gasteiger partial charge is 0.0562 e. The van der Waals surface area contributed by atoms with E-state index in [2.05, 4.69) is 191 Å². The van der Waals surface area contributed by atoms with Crippen LogP contribution in [0, 0.1) is 0 Å². The van der Waals surface area contributed by atoms with E-state index in [0.717, 1.165) is 17.1 Å². The maximum atomic E-state index is 2.54. The summed E-state index contributed by atoms with van der Waals surface area (Å²) in [7, 11) is 0. The molecule has 2 nitrogen and oxygen atoms in total. The van der Waals surface area contributed by atoms with Gasteiger partial charge in [0.05, 0.1) is 28.1 Å². The Labute approximate surface area is 298 Å². The number of anilines is 3. The molecule has 0 aliphatic carbocycles. The molecule has 11 rings (SSSR count). The maximum absolute atomic E-state index is 2.54. The largest absolute Gasteiger partial charge is 0.309 e. The number of nitrogens with zero attached hydrogens (tertiary/aromatic N) is 2. The number of hydrogen-bond acceptors (Lipinski definition) is 2. The second-order valence-electron chi connectivity index (χ2n) is 13.3. The number of aromatic nitrogens is 1. The lowest BCUT2D eigenvalue weighted by molar-refractivity contribution is 1.18. The van der Waals surface area contributed by atoms with Gasteiger partial charge in [0, 0.05) is 42.0 Å². The molecule has 0 radical (unpaired) electrons. The molecule has 0 aliphatic rings. The zero-order valence-corrected chi connectivity index (χ0v) is 28.4. The summed E-state index contributed by atoms with van der Waals surface area (Å²) in [6, 6.07) is 66.8. The van der Waals surface area contributed by atoms with Crippen LogP contribution < -0.4 is 4.90 Å². The van der Waals surface area contributed by atoms with E-state index in [-0.39, 0.29) is 0 Å². The normalized spacial score (nSPS) is 11.9. The Balaban J connectivity index is 1.29. The molecule has 0 saturated heterocycles. The van der Waals surface area contributed by atoms with Crippen molar-refractivity contribution in [1.29, 1.82) is 0 Å². The van der Waals surface area contributed by atoms with Crippen LogP contribution in [-0.2, 0) is 0 Å². The van der Waals surface area contributed by atoms with Gasteiger partial charge in [-0.3, -0.25) is 0 Å². The minimum atomic E-state index is 1.15. The molecule has 0 amide bonds. The average Bonchev–Trinajstić information content (AvgIpc) is 3.75. The third kappa shape index (κ3) is 4.16. The van der Waals surface area contributed by atoms with Gasteiger partial charge in [-0.05, 0) is 81.5 Å². The summed E-state index contributed by atoms with van der Waals surface area (Å²) < 4.78 is 5.00. The molecule has 2 heterocycles. The van der Waals surface area contributed by atoms with E-state index in [1.807, 2.05) is 11.3 Å². The van der Waals surface area contributed by atoms with Crippen LogP contribution >= 0.6 is 11.3 Å². The minimum Gasteiger partial charge on any atom is -0.309 e. The van der Waals surface area contributed by atoms with Crippen molar-refractivity contribution in [2.45, 2.75) is 0 Å². The van der Waals surface area contributed by atoms with Gasteiger partial charge in [-0.25, -0.2) is 0 Å². The van der Waals surface area contributed by atoms with Gasteiger partial charge in [-0.1, -0.05) is 127 Å². The van der Waals surface area contributed by atoms with Crippen LogP contribution in [0.2, 0.25) is 0 Å². The molecule has 0 atom stereocenters. The second-order valence-corrected chi connectivity index (χ2v) is 14.3. The highest BCUT2D eigenvalue weighted by Gasteiger charge is 2.25. The molecule has 0 spiro atoms. The lowest BCUT2D eigenvalue weighted by Crippen LogP contribution is -2.11. The molecule has 0 bridgehead atoms. The van der Waals surface area contributed by atoms with Gasteiger partial charge in [0.1, 0.15) is 0 Å². The van der Waals surface area contributed by atoms with Gasteiger partial charge in [0.25, 0.3) is 0 Å². The van der Waals surface area contributed by atoms with E-state index >= 15 is 0 Å². The van der Waals surface area contributed by atoms with Crippen molar-refractivity contribution in [3.8, 4) is 5.69 Å². The number of hydrogen-bond donors (Lipinski definition) is 0. The lowest BCUT2D eigenvalue weighted by Gasteiger charge is -2.29. The summed E-state index contributed by atoms with van der Waals surface area (Å²) in [4.78, 5) is 2.54. The first-order valence-corrected chi connectivity index (χ1v) is 18.3. The molecule has 0 unspecified atom stereocenters. The molecule has 9 aromatic carbocycles. The molecule has 2 aromatic heterocycles. The number of benzene rings is 9. The van der Waals surface area contributed by atoms with Gasteiger partial charge in [0.2, 0.25) is 0 Å². The quantitative estimate of drug-likeness (QED) is 0.170. The van der Waals surface area contributed by atoms with Crippen LogP contribution in [0.15, 0.2) is 182 Å².